The van der Waals surface area contributed by atoms with Crippen molar-refractivity contribution < 1.29 is 9.53 Å². The number of rotatable bonds is 2. The van der Waals surface area contributed by atoms with E-state index in [2.05, 4.69) is 5.32 Å². The van der Waals surface area contributed by atoms with Crippen LogP contribution in [0, 0.1) is 0 Å². The summed E-state index contributed by atoms with van der Waals surface area (Å²) < 4.78 is 5.72. The Hall–Kier alpha value is -2.59. The van der Waals surface area contributed by atoms with Gasteiger partial charge >= 0.3 is 0 Å². The normalized spacial score (nSPS) is 17.9. The van der Waals surface area contributed by atoms with E-state index in [0.717, 1.165) is 64.7 Å². The first kappa shape index (κ1) is 16.6. The van der Waals surface area contributed by atoms with Crippen molar-refractivity contribution in [2.24, 2.45) is 0 Å². The maximum absolute atomic E-state index is 13.4. The van der Waals surface area contributed by atoms with Crippen molar-refractivity contribution in [2.45, 2.75) is 31.7 Å². The molecule has 1 atom stereocenters. The summed E-state index contributed by atoms with van der Waals surface area (Å²) in [4.78, 5) is 18.1. The van der Waals surface area contributed by atoms with E-state index in [1.807, 2.05) is 42.5 Å². The van der Waals surface area contributed by atoms with Gasteiger partial charge in [-0.3, -0.25) is 9.78 Å². The summed E-state index contributed by atoms with van der Waals surface area (Å²) in [6.45, 7) is 0.600. The fourth-order valence-corrected chi connectivity index (χ4v) is 4.39. The van der Waals surface area contributed by atoms with Gasteiger partial charge in [0.1, 0.15) is 5.75 Å². The number of benzene rings is 2. The highest BCUT2D eigenvalue weighted by Crippen LogP contribution is 2.34. The van der Waals surface area contributed by atoms with E-state index in [0.29, 0.717) is 11.6 Å². The molecule has 2 aromatic carbocycles. The van der Waals surface area contributed by atoms with E-state index in [1.54, 1.807) is 0 Å². The van der Waals surface area contributed by atoms with Crippen molar-refractivity contribution in [1.29, 1.82) is 0 Å². The summed E-state index contributed by atoms with van der Waals surface area (Å²) in [5, 5.41) is 4.70. The summed E-state index contributed by atoms with van der Waals surface area (Å²) >= 11 is 6.23. The first-order valence-electron chi connectivity index (χ1n) is 9.34. The zero-order valence-corrected chi connectivity index (χ0v) is 15.6. The Morgan fingerprint density at radius 1 is 1.19 bits per heavy atom. The zero-order valence-electron chi connectivity index (χ0n) is 14.8. The van der Waals surface area contributed by atoms with Crippen LogP contribution in [-0.4, -0.2) is 17.5 Å². The van der Waals surface area contributed by atoms with Crippen molar-refractivity contribution in [1.82, 2.24) is 10.3 Å². The van der Waals surface area contributed by atoms with Gasteiger partial charge in [-0.15, -0.1) is 0 Å². The summed E-state index contributed by atoms with van der Waals surface area (Å²) in [5.74, 6) is 0.798. The number of ether oxygens (including phenoxy) is 1. The van der Waals surface area contributed by atoms with Crippen LogP contribution >= 0.6 is 11.6 Å². The molecule has 0 bridgehead atoms. The van der Waals surface area contributed by atoms with Crippen LogP contribution in [-0.2, 0) is 12.8 Å². The number of fused-ring (bicyclic) bond motifs is 3. The summed E-state index contributed by atoms with van der Waals surface area (Å²) in [6, 6.07) is 13.4. The minimum atomic E-state index is -0.0538. The second-order valence-electron chi connectivity index (χ2n) is 7.13. The van der Waals surface area contributed by atoms with Gasteiger partial charge in [-0.2, -0.15) is 0 Å². The number of pyridine rings is 1. The molecule has 27 heavy (non-hydrogen) atoms. The van der Waals surface area contributed by atoms with Crippen LogP contribution in [0.5, 0.6) is 5.75 Å². The summed E-state index contributed by atoms with van der Waals surface area (Å²) in [5.41, 5.74) is 4.71. The van der Waals surface area contributed by atoms with Gasteiger partial charge in [-0.25, -0.2) is 0 Å². The lowest BCUT2D eigenvalue weighted by Crippen LogP contribution is -2.33. The van der Waals surface area contributed by atoms with Crippen molar-refractivity contribution in [3.63, 3.8) is 0 Å². The molecule has 0 fully saturated rings. The minimum Gasteiger partial charge on any atom is -0.493 e. The molecule has 2 aliphatic rings. The van der Waals surface area contributed by atoms with E-state index in [-0.39, 0.29) is 11.9 Å². The molecule has 2 heterocycles. The van der Waals surface area contributed by atoms with Crippen LogP contribution in [0.15, 0.2) is 42.5 Å². The number of aromatic nitrogens is 1. The van der Waals surface area contributed by atoms with E-state index in [1.165, 1.54) is 0 Å². The highest BCUT2D eigenvalue weighted by molar-refractivity contribution is 6.31. The first-order valence-corrected chi connectivity index (χ1v) is 9.72. The van der Waals surface area contributed by atoms with E-state index < -0.39 is 0 Å². The Bertz CT molecular complexity index is 1060. The third-order valence-corrected chi connectivity index (χ3v) is 5.70. The molecule has 3 aromatic rings. The summed E-state index contributed by atoms with van der Waals surface area (Å²) in [7, 11) is 0. The molecule has 1 unspecified atom stereocenters. The molecule has 0 spiro atoms. The van der Waals surface area contributed by atoms with Crippen molar-refractivity contribution in [3.8, 4) is 5.75 Å². The van der Waals surface area contributed by atoms with Crippen LogP contribution in [0.25, 0.3) is 10.9 Å². The Balaban J connectivity index is 1.58. The zero-order chi connectivity index (χ0) is 18.4. The molecule has 1 aromatic heterocycles. The SMILES string of the molecule is O=C(NC1CCOc2ccccc21)c1c2c(nc3ccc(Cl)cc13)CCC2. The standard InChI is InChI=1S/C22H19ClN2O2/c23-13-8-9-18-16(12-13)21(15-5-3-6-17(15)24-18)22(26)25-19-10-11-27-20-7-2-1-4-14(19)20/h1-2,4,7-9,12,19H,3,5-6,10-11H2,(H,25,26). The molecule has 136 valence electrons. The third kappa shape index (κ3) is 2.85. The quantitative estimate of drug-likeness (QED) is 0.707. The molecule has 1 N–H and O–H groups in total. The van der Waals surface area contributed by atoms with Gasteiger partial charge in [0.15, 0.2) is 0 Å². The molecule has 1 aliphatic heterocycles. The Kier molecular flexibility index (Phi) is 4.01. The number of nitrogens with one attached hydrogen (secondary N) is 1. The number of hydrogen-bond acceptors (Lipinski definition) is 3. The van der Waals surface area contributed by atoms with E-state index in [9.17, 15) is 4.79 Å². The average molecular weight is 379 g/mol. The molecule has 5 rings (SSSR count). The largest absolute Gasteiger partial charge is 0.493 e. The van der Waals surface area contributed by atoms with Crippen molar-refractivity contribution in [2.75, 3.05) is 6.61 Å². The van der Waals surface area contributed by atoms with Crippen molar-refractivity contribution >= 4 is 28.4 Å². The first-order chi connectivity index (χ1) is 13.2. The fourth-order valence-electron chi connectivity index (χ4n) is 4.22. The Labute approximate surface area is 162 Å². The van der Waals surface area contributed by atoms with E-state index >= 15 is 0 Å². The monoisotopic (exact) mass is 378 g/mol. The molecular weight excluding hydrogens is 360 g/mol. The number of halogens is 1. The third-order valence-electron chi connectivity index (χ3n) is 5.46. The van der Waals surface area contributed by atoms with Crippen LogP contribution in [0.4, 0.5) is 0 Å². The predicted molar refractivity (Wildman–Crippen MR) is 106 cm³/mol. The van der Waals surface area contributed by atoms with Gasteiger partial charge in [-0.05, 0) is 49.1 Å². The molecule has 4 nitrogen and oxygen atoms in total. The number of hydrogen-bond donors (Lipinski definition) is 1. The minimum absolute atomic E-state index is 0.0514. The molecule has 1 amide bonds. The Morgan fingerprint density at radius 2 is 2.07 bits per heavy atom. The number of carbonyl (C=O) groups is 1. The second-order valence-corrected chi connectivity index (χ2v) is 7.56. The van der Waals surface area contributed by atoms with Gasteiger partial charge in [0, 0.05) is 28.1 Å². The van der Waals surface area contributed by atoms with E-state index in [4.69, 9.17) is 21.3 Å². The molecule has 0 saturated heterocycles. The number of carbonyl (C=O) groups excluding carboxylic acids is 1. The van der Waals surface area contributed by atoms with Crippen LogP contribution in [0.2, 0.25) is 5.02 Å². The average Bonchev–Trinajstić information content (AvgIpc) is 3.14. The lowest BCUT2D eigenvalue weighted by molar-refractivity contribution is 0.0925. The van der Waals surface area contributed by atoms with Crippen LogP contribution < -0.4 is 10.1 Å². The number of nitrogens with zero attached hydrogens (tertiary/aromatic N) is 1. The smallest absolute Gasteiger partial charge is 0.252 e. The highest BCUT2D eigenvalue weighted by atomic mass is 35.5. The van der Waals surface area contributed by atoms with Gasteiger partial charge < -0.3 is 10.1 Å². The molecule has 0 saturated carbocycles. The molecule has 0 radical (unpaired) electrons. The molecular formula is C22H19ClN2O2. The number of para-hydroxylation sites is 1. The predicted octanol–water partition coefficient (Wildman–Crippen LogP) is 4.63. The highest BCUT2D eigenvalue weighted by Gasteiger charge is 2.28. The van der Waals surface area contributed by atoms with Gasteiger partial charge in [0.2, 0.25) is 0 Å². The maximum atomic E-state index is 13.4. The second kappa shape index (κ2) is 6.54. The van der Waals surface area contributed by atoms with Gasteiger partial charge in [-0.1, -0.05) is 29.8 Å². The van der Waals surface area contributed by atoms with Crippen molar-refractivity contribution in [3.05, 3.63) is 69.9 Å². The summed E-state index contributed by atoms with van der Waals surface area (Å²) in [6.07, 6.45) is 3.60. The number of amides is 1. The van der Waals surface area contributed by atoms with Crippen LogP contribution in [0.3, 0.4) is 0 Å². The van der Waals surface area contributed by atoms with Crippen LogP contribution in [0.1, 0.15) is 46.1 Å². The fraction of sp³-hybridized carbons (Fsp3) is 0.273. The maximum Gasteiger partial charge on any atom is 0.252 e. The number of aryl methyl sites for hydroxylation is 1. The molecule has 1 aliphatic carbocycles. The topological polar surface area (TPSA) is 51.2 Å². The van der Waals surface area contributed by atoms with Gasteiger partial charge in [0.25, 0.3) is 5.91 Å². The molecule has 5 heteroatoms. The lowest BCUT2D eigenvalue weighted by Gasteiger charge is -2.27. The Morgan fingerprint density at radius 3 is 3.00 bits per heavy atom. The van der Waals surface area contributed by atoms with Gasteiger partial charge in [0.05, 0.1) is 23.7 Å². The lowest BCUT2D eigenvalue weighted by atomic mass is 9.97.